The predicted molar refractivity (Wildman–Crippen MR) is 91.3 cm³/mol. The van der Waals surface area contributed by atoms with E-state index < -0.39 is 0 Å². The van der Waals surface area contributed by atoms with Crippen molar-refractivity contribution in [3.05, 3.63) is 35.4 Å². The van der Waals surface area contributed by atoms with Crippen LogP contribution in [0.3, 0.4) is 0 Å². The van der Waals surface area contributed by atoms with Crippen molar-refractivity contribution < 1.29 is 9.90 Å². The van der Waals surface area contributed by atoms with Crippen LogP contribution in [0.25, 0.3) is 0 Å². The number of amides is 1. The number of likely N-dealkylation sites (tertiary alicyclic amines) is 1. The van der Waals surface area contributed by atoms with Gasteiger partial charge in [0.2, 0.25) is 0 Å². The van der Waals surface area contributed by atoms with E-state index in [2.05, 4.69) is 11.0 Å². The molecule has 1 aromatic rings. The fraction of sp³-hybridized carbons (Fsp3) is 0.632. The van der Waals surface area contributed by atoms with Gasteiger partial charge in [0, 0.05) is 30.6 Å². The number of benzene rings is 1. The van der Waals surface area contributed by atoms with E-state index >= 15 is 0 Å². The molecule has 1 N–H and O–H groups in total. The predicted octanol–water partition coefficient (Wildman–Crippen LogP) is 2.52. The van der Waals surface area contributed by atoms with Gasteiger partial charge in [-0.05, 0) is 57.5 Å². The number of nitrogens with zero attached hydrogens (tertiary/aromatic N) is 2. The maximum atomic E-state index is 12.9. The van der Waals surface area contributed by atoms with E-state index in [9.17, 15) is 9.90 Å². The van der Waals surface area contributed by atoms with Gasteiger partial charge in [0.1, 0.15) is 0 Å². The molecule has 3 rings (SSSR count). The van der Waals surface area contributed by atoms with Crippen molar-refractivity contribution in [3.8, 4) is 0 Å². The third-order valence-corrected chi connectivity index (χ3v) is 5.43. The van der Waals surface area contributed by atoms with Crippen LogP contribution < -0.4 is 0 Å². The normalized spacial score (nSPS) is 27.8. The summed E-state index contributed by atoms with van der Waals surface area (Å²) in [6.45, 7) is 2.36. The molecule has 0 unspecified atom stereocenters. The Balaban J connectivity index is 1.75. The van der Waals surface area contributed by atoms with Crippen molar-refractivity contribution >= 4 is 5.91 Å². The highest BCUT2D eigenvalue weighted by Crippen LogP contribution is 2.45. The molecule has 0 aromatic heterocycles. The molecule has 1 aromatic carbocycles. The number of hydrogen-bond acceptors (Lipinski definition) is 3. The summed E-state index contributed by atoms with van der Waals surface area (Å²) in [5, 5.41) is 10.4. The van der Waals surface area contributed by atoms with Gasteiger partial charge in [-0.3, -0.25) is 4.79 Å². The van der Waals surface area contributed by atoms with E-state index in [0.717, 1.165) is 56.3 Å². The molecule has 2 aliphatic rings. The van der Waals surface area contributed by atoms with E-state index in [4.69, 9.17) is 0 Å². The molecule has 1 aliphatic carbocycles. The largest absolute Gasteiger partial charge is 0.392 e. The van der Waals surface area contributed by atoms with Gasteiger partial charge in [-0.15, -0.1) is 0 Å². The van der Waals surface area contributed by atoms with E-state index in [-0.39, 0.29) is 17.4 Å². The molecule has 1 saturated heterocycles. The SMILES string of the molecule is CN(C)Cc1cccc(C(=O)N2CCC[C@]3(CCC[C@H]3O)C2)c1. The lowest BCUT2D eigenvalue weighted by atomic mass is 9.76. The highest BCUT2D eigenvalue weighted by Gasteiger charge is 2.45. The van der Waals surface area contributed by atoms with Crippen LogP contribution in [-0.4, -0.2) is 54.1 Å². The topological polar surface area (TPSA) is 43.8 Å². The Hall–Kier alpha value is -1.39. The minimum atomic E-state index is -0.238. The minimum absolute atomic E-state index is 0.0465. The molecule has 4 nitrogen and oxygen atoms in total. The average Bonchev–Trinajstić information content (AvgIpc) is 2.86. The van der Waals surface area contributed by atoms with E-state index in [1.54, 1.807) is 0 Å². The summed E-state index contributed by atoms with van der Waals surface area (Å²) >= 11 is 0. The smallest absolute Gasteiger partial charge is 0.253 e. The first-order valence-electron chi connectivity index (χ1n) is 8.71. The van der Waals surface area contributed by atoms with Crippen molar-refractivity contribution in [1.29, 1.82) is 0 Å². The Labute approximate surface area is 139 Å². The molecule has 1 saturated carbocycles. The number of piperidine rings is 1. The summed E-state index contributed by atoms with van der Waals surface area (Å²) in [6, 6.07) is 7.95. The zero-order chi connectivity index (χ0) is 16.4. The summed E-state index contributed by atoms with van der Waals surface area (Å²) in [6.07, 6.45) is 4.84. The molecule has 126 valence electrons. The number of rotatable bonds is 3. The lowest BCUT2D eigenvalue weighted by Gasteiger charge is -2.42. The Morgan fingerprint density at radius 2 is 2.13 bits per heavy atom. The molecule has 0 bridgehead atoms. The van der Waals surface area contributed by atoms with E-state index in [1.165, 1.54) is 0 Å². The minimum Gasteiger partial charge on any atom is -0.392 e. The van der Waals surface area contributed by atoms with Gasteiger partial charge in [-0.2, -0.15) is 0 Å². The van der Waals surface area contributed by atoms with Crippen LogP contribution in [0.5, 0.6) is 0 Å². The van der Waals surface area contributed by atoms with Gasteiger partial charge >= 0.3 is 0 Å². The summed E-state index contributed by atoms with van der Waals surface area (Å²) < 4.78 is 0. The van der Waals surface area contributed by atoms with Crippen LogP contribution in [0, 0.1) is 5.41 Å². The third kappa shape index (κ3) is 3.43. The molecule has 1 aliphatic heterocycles. The molecule has 1 spiro atoms. The average molecular weight is 316 g/mol. The quantitative estimate of drug-likeness (QED) is 0.932. The van der Waals surface area contributed by atoms with Gasteiger partial charge in [0.15, 0.2) is 0 Å². The highest BCUT2D eigenvalue weighted by molar-refractivity contribution is 5.94. The van der Waals surface area contributed by atoms with Crippen molar-refractivity contribution in [2.45, 2.75) is 44.8 Å². The van der Waals surface area contributed by atoms with E-state index in [1.807, 2.05) is 37.2 Å². The van der Waals surface area contributed by atoms with Gasteiger partial charge in [-0.25, -0.2) is 0 Å². The van der Waals surface area contributed by atoms with Crippen molar-refractivity contribution in [2.75, 3.05) is 27.2 Å². The molecule has 23 heavy (non-hydrogen) atoms. The third-order valence-electron chi connectivity index (χ3n) is 5.43. The van der Waals surface area contributed by atoms with Gasteiger partial charge in [0.25, 0.3) is 5.91 Å². The number of hydrogen-bond donors (Lipinski definition) is 1. The number of aliphatic hydroxyl groups is 1. The van der Waals surface area contributed by atoms with Gasteiger partial charge in [0.05, 0.1) is 6.10 Å². The molecule has 0 radical (unpaired) electrons. The molecule has 4 heteroatoms. The number of carbonyl (C=O) groups is 1. The van der Waals surface area contributed by atoms with Crippen LogP contribution in [0.4, 0.5) is 0 Å². The molecular weight excluding hydrogens is 288 g/mol. The Bertz CT molecular complexity index is 572. The highest BCUT2D eigenvalue weighted by atomic mass is 16.3. The fourth-order valence-electron chi connectivity index (χ4n) is 4.28. The van der Waals surface area contributed by atoms with Crippen LogP contribution in [0.1, 0.15) is 48.0 Å². The molecule has 1 heterocycles. The monoisotopic (exact) mass is 316 g/mol. The standard InChI is InChI=1S/C19H28N2O2/c1-20(2)13-15-6-3-7-16(12-15)18(23)21-11-5-10-19(14-21)9-4-8-17(19)22/h3,6-7,12,17,22H,4-5,8-11,13-14H2,1-2H3/t17-,19-/m1/s1. The zero-order valence-electron chi connectivity index (χ0n) is 14.3. The van der Waals surface area contributed by atoms with Crippen molar-refractivity contribution in [1.82, 2.24) is 9.80 Å². The first-order chi connectivity index (χ1) is 11.0. The second-order valence-electron chi connectivity index (χ2n) is 7.54. The second-order valence-corrected chi connectivity index (χ2v) is 7.54. The number of carbonyl (C=O) groups excluding carboxylic acids is 1. The summed E-state index contributed by atoms with van der Waals surface area (Å²) in [5.74, 6) is 0.115. The maximum absolute atomic E-state index is 12.9. The van der Waals surface area contributed by atoms with Crippen LogP contribution in [0.2, 0.25) is 0 Å². The van der Waals surface area contributed by atoms with Gasteiger partial charge < -0.3 is 14.9 Å². The Morgan fingerprint density at radius 3 is 2.83 bits per heavy atom. The summed E-state index contributed by atoms with van der Waals surface area (Å²) in [7, 11) is 4.06. The molecular formula is C19H28N2O2. The van der Waals surface area contributed by atoms with Crippen LogP contribution in [0.15, 0.2) is 24.3 Å². The number of aliphatic hydroxyl groups excluding tert-OH is 1. The van der Waals surface area contributed by atoms with Crippen molar-refractivity contribution in [3.63, 3.8) is 0 Å². The maximum Gasteiger partial charge on any atom is 0.253 e. The second kappa shape index (κ2) is 6.62. The summed E-state index contributed by atoms with van der Waals surface area (Å²) in [5.41, 5.74) is 1.89. The fourth-order valence-corrected chi connectivity index (χ4v) is 4.28. The first kappa shape index (κ1) is 16.5. The lowest BCUT2D eigenvalue weighted by molar-refractivity contribution is -0.00536. The van der Waals surface area contributed by atoms with Crippen LogP contribution >= 0.6 is 0 Å². The lowest BCUT2D eigenvalue weighted by Crippen LogP contribution is -2.49. The van der Waals surface area contributed by atoms with E-state index in [0.29, 0.717) is 6.54 Å². The van der Waals surface area contributed by atoms with Crippen molar-refractivity contribution in [2.24, 2.45) is 5.41 Å². The first-order valence-corrected chi connectivity index (χ1v) is 8.71. The molecule has 2 fully saturated rings. The Kier molecular flexibility index (Phi) is 4.74. The summed E-state index contributed by atoms with van der Waals surface area (Å²) in [4.78, 5) is 17.0. The molecule has 2 atom stereocenters. The van der Waals surface area contributed by atoms with Gasteiger partial charge in [-0.1, -0.05) is 18.6 Å². The van der Waals surface area contributed by atoms with Crippen LogP contribution in [-0.2, 0) is 6.54 Å². The zero-order valence-corrected chi connectivity index (χ0v) is 14.3. The molecule has 1 amide bonds. The Morgan fingerprint density at radius 1 is 1.35 bits per heavy atom.